The second kappa shape index (κ2) is 6.39. The Hall–Kier alpha value is -1.68. The van der Waals surface area contributed by atoms with Gasteiger partial charge in [0, 0.05) is 41.8 Å². The van der Waals surface area contributed by atoms with Gasteiger partial charge >= 0.3 is 0 Å². The van der Waals surface area contributed by atoms with Crippen molar-refractivity contribution in [1.82, 2.24) is 9.88 Å². The lowest BCUT2D eigenvalue weighted by atomic mass is 10.1. The zero-order chi connectivity index (χ0) is 15.6. The lowest BCUT2D eigenvalue weighted by Gasteiger charge is -2.30. The summed E-state index contributed by atoms with van der Waals surface area (Å²) in [5, 5.41) is 11.0. The van der Waals surface area contributed by atoms with Gasteiger partial charge in [0.2, 0.25) is 0 Å². The van der Waals surface area contributed by atoms with E-state index < -0.39 is 0 Å². The number of fused-ring (bicyclic) bond motifs is 1. The van der Waals surface area contributed by atoms with Crippen LogP contribution in [0.4, 0.5) is 0 Å². The summed E-state index contributed by atoms with van der Waals surface area (Å²) in [5.74, 6) is 0.692. The van der Waals surface area contributed by atoms with Crippen molar-refractivity contribution >= 4 is 10.9 Å². The van der Waals surface area contributed by atoms with Gasteiger partial charge in [0.1, 0.15) is 0 Å². The van der Waals surface area contributed by atoms with Crippen LogP contribution >= 0.6 is 0 Å². The molecule has 0 unspecified atom stereocenters. The number of phenolic OH excluding ortho intramolecular Hbond substituents is 1. The fraction of sp³-hybridized carbons (Fsp3) is 0.529. The van der Waals surface area contributed by atoms with E-state index in [0.717, 1.165) is 23.9 Å². The third-order valence-electron chi connectivity index (χ3n) is 4.03. The molecular weight excluding hydrogens is 264 g/mol. The molecule has 0 saturated carbocycles. The molecule has 0 radical (unpaired) electrons. The Balaban J connectivity index is 2.23. The van der Waals surface area contributed by atoms with Gasteiger partial charge in [-0.05, 0) is 45.7 Å². The van der Waals surface area contributed by atoms with Crippen LogP contribution in [0.3, 0.4) is 0 Å². The topological polar surface area (TPSA) is 48.5 Å². The molecule has 0 aliphatic rings. The molecule has 4 nitrogen and oxygen atoms in total. The van der Waals surface area contributed by atoms with E-state index in [2.05, 4.69) is 37.6 Å². The summed E-state index contributed by atoms with van der Waals surface area (Å²) in [7, 11) is 1.58. The molecule has 1 heterocycles. The normalized spacial score (nSPS) is 12.0. The van der Waals surface area contributed by atoms with Gasteiger partial charge in [0.15, 0.2) is 11.5 Å². The molecule has 0 saturated heterocycles. The predicted octanol–water partition coefficient (Wildman–Crippen LogP) is 3.54. The van der Waals surface area contributed by atoms with Gasteiger partial charge in [-0.1, -0.05) is 0 Å². The first-order chi connectivity index (χ1) is 9.93. The minimum Gasteiger partial charge on any atom is -0.504 e. The fourth-order valence-electron chi connectivity index (χ4n) is 2.93. The molecule has 0 bridgehead atoms. The van der Waals surface area contributed by atoms with Gasteiger partial charge < -0.3 is 14.8 Å². The maximum atomic E-state index is 9.83. The highest BCUT2D eigenvalue weighted by Gasteiger charge is 2.15. The monoisotopic (exact) mass is 290 g/mol. The first kappa shape index (κ1) is 15.7. The van der Waals surface area contributed by atoms with Crippen molar-refractivity contribution < 1.29 is 9.84 Å². The number of aromatic nitrogens is 1. The quantitative estimate of drug-likeness (QED) is 0.855. The minimum absolute atomic E-state index is 0.171. The predicted molar refractivity (Wildman–Crippen MR) is 87.2 cm³/mol. The number of aromatic amines is 1. The van der Waals surface area contributed by atoms with Crippen LogP contribution in [-0.2, 0) is 6.42 Å². The molecule has 4 heteroatoms. The summed E-state index contributed by atoms with van der Waals surface area (Å²) >= 11 is 0. The number of nitrogens with zero attached hydrogens (tertiary/aromatic N) is 1. The van der Waals surface area contributed by atoms with Gasteiger partial charge in [-0.25, -0.2) is 0 Å². The fourth-order valence-corrected chi connectivity index (χ4v) is 2.93. The number of benzene rings is 1. The second-order valence-corrected chi connectivity index (χ2v) is 6.06. The molecule has 1 aromatic carbocycles. The van der Waals surface area contributed by atoms with Crippen molar-refractivity contribution in [3.8, 4) is 11.5 Å². The average Bonchev–Trinajstić information content (AvgIpc) is 2.79. The highest BCUT2D eigenvalue weighted by molar-refractivity contribution is 5.86. The van der Waals surface area contributed by atoms with Crippen LogP contribution in [0, 0.1) is 0 Å². The summed E-state index contributed by atoms with van der Waals surface area (Å²) in [4.78, 5) is 5.71. The van der Waals surface area contributed by atoms with E-state index in [1.54, 1.807) is 13.2 Å². The molecule has 0 fully saturated rings. The second-order valence-electron chi connectivity index (χ2n) is 6.06. The molecule has 0 amide bonds. The number of H-pyrrole nitrogens is 1. The van der Waals surface area contributed by atoms with Crippen molar-refractivity contribution in [2.24, 2.45) is 0 Å². The largest absolute Gasteiger partial charge is 0.504 e. The van der Waals surface area contributed by atoms with Crippen LogP contribution in [0.15, 0.2) is 18.3 Å². The highest BCUT2D eigenvalue weighted by Crippen LogP contribution is 2.32. The molecule has 1 aromatic heterocycles. The maximum absolute atomic E-state index is 9.83. The Morgan fingerprint density at radius 2 is 1.86 bits per heavy atom. The summed E-state index contributed by atoms with van der Waals surface area (Å²) in [6, 6.07) is 4.70. The molecule has 0 aliphatic carbocycles. The number of ether oxygens (including phenoxy) is 1. The zero-order valence-electron chi connectivity index (χ0n) is 13.6. The van der Waals surface area contributed by atoms with Gasteiger partial charge in [0.05, 0.1) is 7.11 Å². The third-order valence-corrected chi connectivity index (χ3v) is 4.03. The van der Waals surface area contributed by atoms with Crippen LogP contribution in [-0.4, -0.2) is 40.7 Å². The van der Waals surface area contributed by atoms with Crippen LogP contribution < -0.4 is 4.74 Å². The molecule has 2 rings (SSSR count). The summed E-state index contributed by atoms with van der Waals surface area (Å²) in [6.45, 7) is 9.95. The zero-order valence-corrected chi connectivity index (χ0v) is 13.6. The molecule has 0 spiro atoms. The Morgan fingerprint density at radius 3 is 2.43 bits per heavy atom. The van der Waals surface area contributed by atoms with Gasteiger partial charge in [0.25, 0.3) is 0 Å². The number of hydrogen-bond donors (Lipinski definition) is 2. The lowest BCUT2D eigenvalue weighted by molar-refractivity contribution is 0.177. The smallest absolute Gasteiger partial charge is 0.161 e. The van der Waals surface area contributed by atoms with E-state index in [1.165, 1.54) is 5.56 Å². The number of hydrogen-bond acceptors (Lipinski definition) is 3. The van der Waals surface area contributed by atoms with Crippen LogP contribution in [0.25, 0.3) is 10.9 Å². The lowest BCUT2D eigenvalue weighted by Crippen LogP contribution is -2.38. The summed E-state index contributed by atoms with van der Waals surface area (Å²) < 4.78 is 5.21. The summed E-state index contributed by atoms with van der Waals surface area (Å²) in [6.07, 6.45) is 3.01. The van der Waals surface area contributed by atoms with E-state index in [4.69, 9.17) is 4.74 Å². The van der Waals surface area contributed by atoms with Crippen molar-refractivity contribution in [3.63, 3.8) is 0 Å². The SMILES string of the molecule is COc1cc2c(CCN(C(C)C)C(C)C)c[nH]c2cc1O. The molecule has 2 N–H and O–H groups in total. The number of methoxy groups -OCH3 is 1. The van der Waals surface area contributed by atoms with Gasteiger partial charge in [-0.3, -0.25) is 4.90 Å². The van der Waals surface area contributed by atoms with Crippen LogP contribution in [0.5, 0.6) is 11.5 Å². The first-order valence-corrected chi connectivity index (χ1v) is 7.56. The molecule has 116 valence electrons. The van der Waals surface area contributed by atoms with Crippen molar-refractivity contribution in [2.75, 3.05) is 13.7 Å². The van der Waals surface area contributed by atoms with Crippen LogP contribution in [0.2, 0.25) is 0 Å². The van der Waals surface area contributed by atoms with E-state index >= 15 is 0 Å². The molecule has 0 atom stereocenters. The molecule has 2 aromatic rings. The first-order valence-electron chi connectivity index (χ1n) is 7.56. The number of nitrogens with one attached hydrogen (secondary N) is 1. The highest BCUT2D eigenvalue weighted by atomic mass is 16.5. The van der Waals surface area contributed by atoms with Gasteiger partial charge in [-0.15, -0.1) is 0 Å². The maximum Gasteiger partial charge on any atom is 0.161 e. The number of rotatable bonds is 6. The Morgan fingerprint density at radius 1 is 1.19 bits per heavy atom. The minimum atomic E-state index is 0.171. The van der Waals surface area contributed by atoms with Gasteiger partial charge in [-0.2, -0.15) is 0 Å². The Bertz CT molecular complexity index is 594. The molecular formula is C17H26N2O2. The standard InChI is InChI=1S/C17H26N2O2/c1-11(2)19(12(3)4)7-6-13-10-18-15-9-16(20)17(21-5)8-14(13)15/h8-12,18,20H,6-7H2,1-5H3. The van der Waals surface area contributed by atoms with E-state index in [1.807, 2.05) is 12.3 Å². The van der Waals surface area contributed by atoms with Crippen molar-refractivity contribution in [1.29, 1.82) is 0 Å². The number of phenols is 1. The number of aromatic hydroxyl groups is 1. The summed E-state index contributed by atoms with van der Waals surface area (Å²) in [5.41, 5.74) is 2.21. The Kier molecular flexibility index (Phi) is 4.78. The molecule has 21 heavy (non-hydrogen) atoms. The van der Waals surface area contributed by atoms with E-state index in [0.29, 0.717) is 17.8 Å². The van der Waals surface area contributed by atoms with E-state index in [9.17, 15) is 5.11 Å². The Labute approximate surface area is 126 Å². The average molecular weight is 290 g/mol. The van der Waals surface area contributed by atoms with Crippen molar-refractivity contribution in [2.45, 2.75) is 46.2 Å². The molecule has 0 aliphatic heterocycles. The van der Waals surface area contributed by atoms with E-state index in [-0.39, 0.29) is 5.75 Å². The van der Waals surface area contributed by atoms with Crippen molar-refractivity contribution in [3.05, 3.63) is 23.9 Å². The third kappa shape index (κ3) is 3.32. The van der Waals surface area contributed by atoms with Crippen LogP contribution in [0.1, 0.15) is 33.3 Å².